The van der Waals surface area contributed by atoms with E-state index in [1.807, 2.05) is 24.3 Å². The maximum atomic E-state index is 12.0. The van der Waals surface area contributed by atoms with Crippen LogP contribution < -0.4 is 5.32 Å². The van der Waals surface area contributed by atoms with Crippen molar-refractivity contribution in [1.82, 2.24) is 0 Å². The molecule has 0 bridgehead atoms. The summed E-state index contributed by atoms with van der Waals surface area (Å²) in [7, 11) is 0. The number of benzene rings is 1. The van der Waals surface area contributed by atoms with Gasteiger partial charge in [0.1, 0.15) is 0 Å². The van der Waals surface area contributed by atoms with E-state index >= 15 is 0 Å². The molecule has 0 fully saturated rings. The average molecular weight is 251 g/mol. The summed E-state index contributed by atoms with van der Waals surface area (Å²) in [5, 5.41) is 2.73. The normalized spacial score (nSPS) is 22.6. The van der Waals surface area contributed by atoms with Crippen molar-refractivity contribution in [2.24, 2.45) is 0 Å². The van der Waals surface area contributed by atoms with E-state index in [1.54, 1.807) is 13.8 Å². The first-order chi connectivity index (χ1) is 8.08. The summed E-state index contributed by atoms with van der Waals surface area (Å²) in [5.41, 5.74) is 0.740. The van der Waals surface area contributed by atoms with E-state index in [4.69, 9.17) is 4.74 Å². The van der Waals surface area contributed by atoms with Crippen molar-refractivity contribution < 1.29 is 14.3 Å². The molecule has 1 aliphatic heterocycles. The number of hydrogen-bond donors (Lipinski definition) is 1. The Morgan fingerprint density at radius 1 is 1.47 bits per heavy atom. The topological polar surface area (TPSA) is 55.4 Å². The van der Waals surface area contributed by atoms with Gasteiger partial charge in [-0.15, -0.1) is 0 Å². The van der Waals surface area contributed by atoms with Crippen molar-refractivity contribution in [3.8, 4) is 0 Å². The number of anilines is 1. The van der Waals surface area contributed by atoms with Gasteiger partial charge < -0.3 is 10.1 Å². The Bertz CT molecular complexity index is 475. The van der Waals surface area contributed by atoms with Crippen LogP contribution in [0.1, 0.15) is 13.8 Å². The summed E-state index contributed by atoms with van der Waals surface area (Å²) in [6.45, 7) is 3.57. The van der Waals surface area contributed by atoms with Crippen LogP contribution in [0, 0.1) is 0 Å². The lowest BCUT2D eigenvalue weighted by atomic mass is 10.1. The van der Waals surface area contributed by atoms with Gasteiger partial charge in [0.25, 0.3) is 5.91 Å². The lowest BCUT2D eigenvalue weighted by Crippen LogP contribution is -2.47. The van der Waals surface area contributed by atoms with E-state index in [9.17, 15) is 9.59 Å². The molecule has 1 aromatic rings. The zero-order valence-electron chi connectivity index (χ0n) is 9.65. The second kappa shape index (κ2) is 4.41. The molecule has 0 saturated carbocycles. The van der Waals surface area contributed by atoms with Gasteiger partial charge in [-0.2, -0.15) is 0 Å². The molecular formula is C12H13NO3S. The molecule has 1 aliphatic rings. The van der Waals surface area contributed by atoms with Gasteiger partial charge in [-0.1, -0.05) is 23.9 Å². The maximum Gasteiger partial charge on any atom is 0.332 e. The van der Waals surface area contributed by atoms with E-state index in [2.05, 4.69) is 5.32 Å². The summed E-state index contributed by atoms with van der Waals surface area (Å²) in [6.07, 6.45) is 0. The number of para-hydroxylation sites is 1. The van der Waals surface area contributed by atoms with Gasteiger partial charge in [-0.25, -0.2) is 4.79 Å². The smallest absolute Gasteiger partial charge is 0.332 e. The number of fused-ring (bicyclic) bond motifs is 1. The van der Waals surface area contributed by atoms with E-state index in [-0.39, 0.29) is 12.5 Å². The first-order valence-electron chi connectivity index (χ1n) is 5.34. The fourth-order valence-electron chi connectivity index (χ4n) is 1.57. The second-order valence-corrected chi connectivity index (χ2v) is 5.27. The van der Waals surface area contributed by atoms with Crippen LogP contribution in [0.2, 0.25) is 0 Å². The van der Waals surface area contributed by atoms with Gasteiger partial charge in [0.05, 0.1) is 12.3 Å². The highest BCUT2D eigenvalue weighted by Gasteiger charge is 2.47. The Labute approximate surface area is 104 Å². The molecule has 1 heterocycles. The molecule has 0 aromatic heterocycles. The van der Waals surface area contributed by atoms with Crippen LogP contribution in [0.5, 0.6) is 0 Å². The van der Waals surface area contributed by atoms with Gasteiger partial charge in [0.15, 0.2) is 4.75 Å². The second-order valence-electron chi connectivity index (χ2n) is 3.81. The molecule has 0 aliphatic carbocycles. The molecule has 1 amide bonds. The summed E-state index contributed by atoms with van der Waals surface area (Å²) in [4.78, 5) is 24.7. The zero-order chi connectivity index (χ0) is 12.5. The molecule has 0 unspecified atom stereocenters. The average Bonchev–Trinajstić information content (AvgIpc) is 2.31. The fraction of sp³-hybridized carbons (Fsp3) is 0.333. The molecule has 0 saturated heterocycles. The van der Waals surface area contributed by atoms with E-state index in [0.29, 0.717) is 0 Å². The predicted molar refractivity (Wildman–Crippen MR) is 66.0 cm³/mol. The number of hydrogen-bond acceptors (Lipinski definition) is 4. The molecule has 90 valence electrons. The Balaban J connectivity index is 2.34. The third-order valence-corrected chi connectivity index (χ3v) is 3.88. The first-order valence-corrected chi connectivity index (χ1v) is 6.16. The number of esters is 1. The molecule has 2 rings (SSSR count). The number of carbonyl (C=O) groups excluding carboxylic acids is 2. The first kappa shape index (κ1) is 12.0. The van der Waals surface area contributed by atoms with Crippen LogP contribution in [0.3, 0.4) is 0 Å². The van der Waals surface area contributed by atoms with Gasteiger partial charge in [-0.3, -0.25) is 4.79 Å². The highest BCUT2D eigenvalue weighted by Crippen LogP contribution is 2.42. The van der Waals surface area contributed by atoms with Crippen LogP contribution in [-0.4, -0.2) is 23.2 Å². The number of carbonyl (C=O) groups is 2. The van der Waals surface area contributed by atoms with Crippen LogP contribution >= 0.6 is 11.8 Å². The lowest BCUT2D eigenvalue weighted by molar-refractivity contribution is -0.148. The third-order valence-electron chi connectivity index (χ3n) is 2.55. The molecule has 1 aromatic carbocycles. The third kappa shape index (κ3) is 2.02. The highest BCUT2D eigenvalue weighted by atomic mass is 32.2. The minimum absolute atomic E-state index is 0.268. The minimum atomic E-state index is -1.20. The largest absolute Gasteiger partial charge is 0.465 e. The minimum Gasteiger partial charge on any atom is -0.465 e. The summed E-state index contributed by atoms with van der Waals surface area (Å²) >= 11 is 1.23. The van der Waals surface area contributed by atoms with Crippen LogP contribution in [0.15, 0.2) is 29.2 Å². The number of ether oxygens (including phenoxy) is 1. The number of rotatable bonds is 2. The van der Waals surface area contributed by atoms with Crippen molar-refractivity contribution >= 4 is 29.3 Å². The molecule has 0 radical (unpaired) electrons. The monoisotopic (exact) mass is 251 g/mol. The van der Waals surface area contributed by atoms with Crippen LogP contribution in [0.4, 0.5) is 5.69 Å². The van der Waals surface area contributed by atoms with Crippen molar-refractivity contribution in [3.05, 3.63) is 24.3 Å². The number of thioether (sulfide) groups is 1. The molecular weight excluding hydrogens is 238 g/mol. The van der Waals surface area contributed by atoms with E-state index in [0.717, 1.165) is 10.6 Å². The van der Waals surface area contributed by atoms with Gasteiger partial charge in [-0.05, 0) is 26.0 Å². The number of amides is 1. The molecule has 17 heavy (non-hydrogen) atoms. The molecule has 1 N–H and O–H groups in total. The molecule has 4 nitrogen and oxygen atoms in total. The standard InChI is InChI=1S/C12H13NO3S/c1-3-16-11(15)12(2)10(14)13-8-6-4-5-7-9(8)17-12/h4-7H,3H2,1-2H3,(H,13,14)/t12-/m1/s1. The molecule has 1 atom stereocenters. The molecule has 0 spiro atoms. The summed E-state index contributed by atoms with van der Waals surface area (Å²) in [5.74, 6) is -0.836. The van der Waals surface area contributed by atoms with Crippen molar-refractivity contribution in [2.75, 3.05) is 11.9 Å². The number of nitrogens with one attached hydrogen (secondary N) is 1. The summed E-state index contributed by atoms with van der Waals surface area (Å²) < 4.78 is 3.75. The van der Waals surface area contributed by atoms with E-state index < -0.39 is 10.7 Å². The van der Waals surface area contributed by atoms with E-state index in [1.165, 1.54) is 11.8 Å². The van der Waals surface area contributed by atoms with Crippen molar-refractivity contribution in [1.29, 1.82) is 0 Å². The Kier molecular flexibility index (Phi) is 3.11. The van der Waals surface area contributed by atoms with Crippen molar-refractivity contribution in [3.63, 3.8) is 0 Å². The predicted octanol–water partition coefficient (Wildman–Crippen LogP) is 2.05. The van der Waals surface area contributed by atoms with Crippen LogP contribution in [0.25, 0.3) is 0 Å². The van der Waals surface area contributed by atoms with Crippen LogP contribution in [-0.2, 0) is 14.3 Å². The SMILES string of the molecule is CCOC(=O)[C@]1(C)Sc2ccccc2NC1=O. The Morgan fingerprint density at radius 3 is 2.88 bits per heavy atom. The Hall–Kier alpha value is -1.49. The van der Waals surface area contributed by atoms with Gasteiger partial charge >= 0.3 is 5.97 Å². The highest BCUT2D eigenvalue weighted by molar-refractivity contribution is 8.02. The Morgan fingerprint density at radius 2 is 2.18 bits per heavy atom. The van der Waals surface area contributed by atoms with Gasteiger partial charge in [0, 0.05) is 4.90 Å². The maximum absolute atomic E-state index is 12.0. The lowest BCUT2D eigenvalue weighted by Gasteiger charge is -2.30. The van der Waals surface area contributed by atoms with Gasteiger partial charge in [0.2, 0.25) is 0 Å². The quantitative estimate of drug-likeness (QED) is 0.645. The van der Waals surface area contributed by atoms with Crippen molar-refractivity contribution in [2.45, 2.75) is 23.5 Å². The fourth-order valence-corrected chi connectivity index (χ4v) is 2.67. The summed E-state index contributed by atoms with van der Waals surface area (Å²) in [6, 6.07) is 7.39. The zero-order valence-corrected chi connectivity index (χ0v) is 10.5. The molecule has 5 heteroatoms.